The van der Waals surface area contributed by atoms with Gasteiger partial charge in [-0.1, -0.05) is 25.3 Å². The molecule has 2 N–H and O–H groups in total. The van der Waals surface area contributed by atoms with Crippen molar-refractivity contribution in [2.45, 2.75) is 39.0 Å². The van der Waals surface area contributed by atoms with E-state index in [1.807, 2.05) is 0 Å². The predicted molar refractivity (Wildman–Crippen MR) is 69.0 cm³/mol. The Morgan fingerprint density at radius 3 is 2.56 bits per heavy atom. The van der Waals surface area contributed by atoms with Gasteiger partial charge < -0.3 is 5.73 Å². The van der Waals surface area contributed by atoms with Gasteiger partial charge >= 0.3 is 0 Å². The van der Waals surface area contributed by atoms with Gasteiger partial charge in [-0.2, -0.15) is 0 Å². The number of benzene rings is 1. The van der Waals surface area contributed by atoms with Crippen LogP contribution in [0.25, 0.3) is 0 Å². The van der Waals surface area contributed by atoms with E-state index in [1.54, 1.807) is 6.92 Å². The third kappa shape index (κ3) is 2.68. The molecule has 0 aromatic heterocycles. The van der Waals surface area contributed by atoms with Crippen molar-refractivity contribution in [3.05, 3.63) is 29.3 Å². The van der Waals surface area contributed by atoms with Crippen LogP contribution < -0.4 is 5.73 Å². The lowest BCUT2D eigenvalue weighted by Crippen LogP contribution is -2.25. The molecule has 0 spiro atoms. The number of rotatable bonds is 2. The Hall–Kier alpha value is -1.45. The maximum Gasteiger partial charge on any atom is 0.154 e. The molecule has 1 aromatic rings. The first kappa shape index (κ1) is 13.0. The van der Waals surface area contributed by atoms with Crippen LogP contribution in [0.15, 0.2) is 17.1 Å². The second kappa shape index (κ2) is 5.46. The standard InChI is InChI=1S/C14H18F2N2/c1-9-7-8-11(15)13(12(9)16)18-14(17)10-5-3-2-4-6-10/h7-8,10H,2-6H2,1H3,(H2,17,18). The second-order valence-corrected chi connectivity index (χ2v) is 4.90. The SMILES string of the molecule is Cc1ccc(F)c(N=C(N)C2CCCCC2)c1F. The minimum atomic E-state index is -0.656. The summed E-state index contributed by atoms with van der Waals surface area (Å²) >= 11 is 0. The van der Waals surface area contributed by atoms with E-state index < -0.39 is 11.6 Å². The molecule has 1 aliphatic rings. The zero-order valence-electron chi connectivity index (χ0n) is 10.5. The largest absolute Gasteiger partial charge is 0.387 e. The van der Waals surface area contributed by atoms with Gasteiger partial charge in [-0.15, -0.1) is 0 Å². The Kier molecular flexibility index (Phi) is 3.94. The van der Waals surface area contributed by atoms with Crippen LogP contribution in [0.1, 0.15) is 37.7 Å². The topological polar surface area (TPSA) is 38.4 Å². The molecule has 2 nitrogen and oxygen atoms in total. The molecule has 0 amide bonds. The third-order valence-corrected chi connectivity index (χ3v) is 3.52. The summed E-state index contributed by atoms with van der Waals surface area (Å²) < 4.78 is 27.3. The molecule has 0 bridgehead atoms. The quantitative estimate of drug-likeness (QED) is 0.630. The van der Waals surface area contributed by atoms with E-state index in [4.69, 9.17) is 5.73 Å². The summed E-state index contributed by atoms with van der Waals surface area (Å²) in [5.41, 5.74) is 6.01. The van der Waals surface area contributed by atoms with Crippen LogP contribution in [-0.2, 0) is 0 Å². The van der Waals surface area contributed by atoms with Crippen molar-refractivity contribution in [1.82, 2.24) is 0 Å². The number of nitrogens with zero attached hydrogens (tertiary/aromatic N) is 1. The van der Waals surface area contributed by atoms with Crippen LogP contribution in [0.4, 0.5) is 14.5 Å². The minimum Gasteiger partial charge on any atom is -0.387 e. The Bertz CT molecular complexity index is 463. The van der Waals surface area contributed by atoms with Gasteiger partial charge in [0.25, 0.3) is 0 Å². The molecular weight excluding hydrogens is 234 g/mol. The van der Waals surface area contributed by atoms with Gasteiger partial charge in [0.05, 0.1) is 0 Å². The summed E-state index contributed by atoms with van der Waals surface area (Å²) in [6.07, 6.45) is 5.35. The van der Waals surface area contributed by atoms with E-state index in [0.717, 1.165) is 25.7 Å². The number of hydrogen-bond acceptors (Lipinski definition) is 1. The molecule has 1 aromatic carbocycles. The van der Waals surface area contributed by atoms with Gasteiger partial charge in [0.1, 0.15) is 11.5 Å². The van der Waals surface area contributed by atoms with E-state index in [-0.39, 0.29) is 11.6 Å². The van der Waals surface area contributed by atoms with Crippen LogP contribution in [0.2, 0.25) is 0 Å². The molecule has 0 heterocycles. The van der Waals surface area contributed by atoms with E-state index >= 15 is 0 Å². The van der Waals surface area contributed by atoms with Crippen LogP contribution in [-0.4, -0.2) is 5.84 Å². The first-order chi connectivity index (χ1) is 8.59. The predicted octanol–water partition coefficient (Wildman–Crippen LogP) is 3.84. The lowest BCUT2D eigenvalue weighted by Gasteiger charge is -2.21. The van der Waals surface area contributed by atoms with Crippen molar-refractivity contribution < 1.29 is 8.78 Å². The molecule has 0 unspecified atom stereocenters. The van der Waals surface area contributed by atoms with Crippen molar-refractivity contribution in [3.63, 3.8) is 0 Å². The maximum absolute atomic E-state index is 13.8. The number of aryl methyl sites for hydroxylation is 1. The Balaban J connectivity index is 2.29. The number of halogens is 2. The molecule has 0 radical (unpaired) electrons. The van der Waals surface area contributed by atoms with Crippen LogP contribution >= 0.6 is 0 Å². The lowest BCUT2D eigenvalue weighted by molar-refractivity contribution is 0.437. The highest BCUT2D eigenvalue weighted by Gasteiger charge is 2.19. The normalized spacial score (nSPS) is 18.1. The molecule has 98 valence electrons. The average molecular weight is 252 g/mol. The molecule has 1 fully saturated rings. The fourth-order valence-corrected chi connectivity index (χ4v) is 2.36. The minimum absolute atomic E-state index is 0.165. The monoisotopic (exact) mass is 252 g/mol. The molecule has 18 heavy (non-hydrogen) atoms. The number of aliphatic imine (C=N–C) groups is 1. The molecule has 1 aliphatic carbocycles. The highest BCUT2D eigenvalue weighted by Crippen LogP contribution is 2.28. The van der Waals surface area contributed by atoms with E-state index in [2.05, 4.69) is 4.99 Å². The molecule has 0 saturated heterocycles. The molecule has 4 heteroatoms. The summed E-state index contributed by atoms with van der Waals surface area (Å²) in [5, 5.41) is 0. The van der Waals surface area contributed by atoms with Gasteiger partial charge in [0.15, 0.2) is 11.6 Å². The summed E-state index contributed by atoms with van der Waals surface area (Å²) in [6, 6.07) is 2.63. The van der Waals surface area contributed by atoms with Gasteiger partial charge in [-0.3, -0.25) is 0 Å². The van der Waals surface area contributed by atoms with Crippen LogP contribution in [0.5, 0.6) is 0 Å². The second-order valence-electron chi connectivity index (χ2n) is 4.90. The van der Waals surface area contributed by atoms with Gasteiger partial charge in [0, 0.05) is 5.92 Å². The van der Waals surface area contributed by atoms with Crippen molar-refractivity contribution in [1.29, 1.82) is 0 Å². The van der Waals surface area contributed by atoms with Crippen LogP contribution in [0, 0.1) is 24.5 Å². The molecule has 0 atom stereocenters. The summed E-state index contributed by atoms with van der Waals surface area (Å²) in [5.74, 6) is -0.748. The fraction of sp³-hybridized carbons (Fsp3) is 0.500. The van der Waals surface area contributed by atoms with Crippen molar-refractivity contribution in [2.75, 3.05) is 0 Å². The lowest BCUT2D eigenvalue weighted by atomic mass is 9.88. The zero-order chi connectivity index (χ0) is 13.1. The smallest absolute Gasteiger partial charge is 0.154 e. The molecular formula is C14H18F2N2. The maximum atomic E-state index is 13.8. The van der Waals surface area contributed by atoms with Gasteiger partial charge in [-0.05, 0) is 31.4 Å². The number of nitrogens with two attached hydrogens (primary N) is 1. The Morgan fingerprint density at radius 2 is 1.89 bits per heavy atom. The Morgan fingerprint density at radius 1 is 1.22 bits per heavy atom. The van der Waals surface area contributed by atoms with E-state index in [0.29, 0.717) is 11.4 Å². The summed E-state index contributed by atoms with van der Waals surface area (Å²) in [6.45, 7) is 1.59. The fourth-order valence-electron chi connectivity index (χ4n) is 2.36. The van der Waals surface area contributed by atoms with Crippen molar-refractivity contribution in [2.24, 2.45) is 16.6 Å². The highest BCUT2D eigenvalue weighted by molar-refractivity contribution is 5.85. The third-order valence-electron chi connectivity index (χ3n) is 3.52. The number of hydrogen-bond donors (Lipinski definition) is 1. The first-order valence-electron chi connectivity index (χ1n) is 6.38. The Labute approximate surface area is 106 Å². The van der Waals surface area contributed by atoms with Crippen LogP contribution in [0.3, 0.4) is 0 Å². The van der Waals surface area contributed by atoms with Gasteiger partial charge in [0.2, 0.25) is 0 Å². The highest BCUT2D eigenvalue weighted by atomic mass is 19.1. The van der Waals surface area contributed by atoms with E-state index in [9.17, 15) is 8.78 Å². The summed E-state index contributed by atoms with van der Waals surface area (Å²) in [4.78, 5) is 3.99. The summed E-state index contributed by atoms with van der Waals surface area (Å²) in [7, 11) is 0. The molecule has 1 saturated carbocycles. The van der Waals surface area contributed by atoms with Crippen molar-refractivity contribution in [3.8, 4) is 0 Å². The molecule has 0 aliphatic heterocycles. The van der Waals surface area contributed by atoms with E-state index in [1.165, 1.54) is 18.6 Å². The number of amidine groups is 1. The van der Waals surface area contributed by atoms with Gasteiger partial charge in [-0.25, -0.2) is 13.8 Å². The van der Waals surface area contributed by atoms with Crippen molar-refractivity contribution >= 4 is 11.5 Å². The first-order valence-corrected chi connectivity index (χ1v) is 6.38. The zero-order valence-corrected chi connectivity index (χ0v) is 10.5. The average Bonchev–Trinajstić information content (AvgIpc) is 2.40. The molecule has 2 rings (SSSR count).